The molecule has 1 aromatic heterocycles. The lowest BCUT2D eigenvalue weighted by Gasteiger charge is -2.29. The van der Waals surface area contributed by atoms with E-state index in [9.17, 15) is 14.4 Å². The van der Waals surface area contributed by atoms with Crippen molar-refractivity contribution in [3.63, 3.8) is 0 Å². The summed E-state index contributed by atoms with van der Waals surface area (Å²) in [6.07, 6.45) is 0.314. The molecule has 0 saturated carbocycles. The molecule has 35 heavy (non-hydrogen) atoms. The number of hydrogen-bond donors (Lipinski definition) is 0. The lowest BCUT2D eigenvalue weighted by Crippen LogP contribution is -2.38. The van der Waals surface area contributed by atoms with Gasteiger partial charge in [-0.2, -0.15) is 0 Å². The number of carbonyl (C=O) groups excluding carboxylic acids is 3. The molecule has 0 spiro atoms. The fourth-order valence-electron chi connectivity index (χ4n) is 3.36. The number of rotatable bonds is 13. The van der Waals surface area contributed by atoms with E-state index in [-0.39, 0.29) is 35.6 Å². The summed E-state index contributed by atoms with van der Waals surface area (Å²) in [5.74, 6) is -1.22. The molecular weight excluding hydrogens is 454 g/mol. The van der Waals surface area contributed by atoms with Gasteiger partial charge >= 0.3 is 11.9 Å². The summed E-state index contributed by atoms with van der Waals surface area (Å²) in [5, 5.41) is 0. The van der Waals surface area contributed by atoms with E-state index in [4.69, 9.17) is 23.7 Å². The van der Waals surface area contributed by atoms with Gasteiger partial charge in [-0.1, -0.05) is 39.0 Å². The first-order chi connectivity index (χ1) is 16.6. The molecule has 0 amide bonds. The van der Waals surface area contributed by atoms with E-state index in [2.05, 4.69) is 4.98 Å². The predicted molar refractivity (Wildman–Crippen MR) is 127 cm³/mol. The van der Waals surface area contributed by atoms with E-state index in [1.807, 2.05) is 44.2 Å². The van der Waals surface area contributed by atoms with Crippen LogP contribution in [0.15, 0.2) is 42.6 Å². The Labute approximate surface area is 205 Å². The number of methoxy groups -OCH3 is 1. The van der Waals surface area contributed by atoms with Crippen LogP contribution in [-0.2, 0) is 19.1 Å². The third-order valence-electron chi connectivity index (χ3n) is 5.15. The fraction of sp³-hybridized carbons (Fsp3) is 0.462. The molecule has 2 aromatic rings. The quantitative estimate of drug-likeness (QED) is 0.233. The molecule has 2 rings (SSSR count). The third-order valence-corrected chi connectivity index (χ3v) is 5.15. The van der Waals surface area contributed by atoms with Gasteiger partial charge in [0.1, 0.15) is 18.0 Å². The number of ketones is 1. The molecule has 0 bridgehead atoms. The van der Waals surface area contributed by atoms with Crippen molar-refractivity contribution in [3.8, 4) is 17.2 Å². The zero-order valence-corrected chi connectivity index (χ0v) is 21.0. The molecule has 0 aliphatic heterocycles. The number of para-hydroxylation sites is 1. The smallest absolute Gasteiger partial charge is 0.309 e. The number of hydrogen-bond acceptors (Lipinski definition) is 9. The van der Waals surface area contributed by atoms with Crippen LogP contribution < -0.4 is 14.2 Å². The normalized spacial score (nSPS) is 13.3. The SMILES string of the molecule is COc1ccnc(C(=O)C[C@@H](C)C(=O)O[C@@H](C)[C@H](Oc2ccccc2)C(C)C)c1OCOC(C)=O. The van der Waals surface area contributed by atoms with Crippen LogP contribution >= 0.6 is 0 Å². The summed E-state index contributed by atoms with van der Waals surface area (Å²) in [7, 11) is 1.41. The van der Waals surface area contributed by atoms with Gasteiger partial charge in [0.2, 0.25) is 6.79 Å². The van der Waals surface area contributed by atoms with E-state index in [1.165, 1.54) is 26.3 Å². The third kappa shape index (κ3) is 8.27. The molecule has 0 aliphatic carbocycles. The Morgan fingerprint density at radius 2 is 1.69 bits per heavy atom. The van der Waals surface area contributed by atoms with Gasteiger partial charge in [0, 0.05) is 25.6 Å². The molecule has 1 heterocycles. The molecular formula is C26H33NO8. The van der Waals surface area contributed by atoms with E-state index in [1.54, 1.807) is 13.8 Å². The molecule has 9 nitrogen and oxygen atoms in total. The van der Waals surface area contributed by atoms with Gasteiger partial charge in [0.05, 0.1) is 13.0 Å². The largest absolute Gasteiger partial charge is 0.493 e. The molecule has 3 atom stereocenters. The van der Waals surface area contributed by atoms with Gasteiger partial charge < -0.3 is 23.7 Å². The van der Waals surface area contributed by atoms with Crippen molar-refractivity contribution in [2.24, 2.45) is 11.8 Å². The average molecular weight is 488 g/mol. The lowest BCUT2D eigenvalue weighted by molar-refractivity contribution is -0.158. The minimum absolute atomic E-state index is 0.0309. The standard InChI is InChI=1S/C26H33NO8/c1-16(2)24(35-20-10-8-7-9-11-20)18(4)34-26(30)17(3)14-21(29)23-25(33-15-32-19(5)28)22(31-6)12-13-27-23/h7-13,16-18,24H,14-15H2,1-6H3/t17-,18+,24-/m1/s1. The van der Waals surface area contributed by atoms with E-state index in [0.717, 1.165) is 0 Å². The number of carbonyl (C=O) groups is 3. The highest BCUT2D eigenvalue weighted by Gasteiger charge is 2.30. The van der Waals surface area contributed by atoms with E-state index >= 15 is 0 Å². The summed E-state index contributed by atoms with van der Waals surface area (Å²) in [6, 6.07) is 10.8. The van der Waals surface area contributed by atoms with E-state index < -0.39 is 36.5 Å². The van der Waals surface area contributed by atoms with Crippen molar-refractivity contribution in [2.45, 2.75) is 53.2 Å². The summed E-state index contributed by atoms with van der Waals surface area (Å²) in [4.78, 5) is 40.9. The summed E-state index contributed by atoms with van der Waals surface area (Å²) >= 11 is 0. The van der Waals surface area contributed by atoms with Crippen molar-refractivity contribution in [3.05, 3.63) is 48.3 Å². The fourth-order valence-corrected chi connectivity index (χ4v) is 3.36. The van der Waals surface area contributed by atoms with Gasteiger partial charge in [-0.3, -0.25) is 14.4 Å². The van der Waals surface area contributed by atoms with Crippen molar-refractivity contribution >= 4 is 17.7 Å². The maximum absolute atomic E-state index is 13.0. The topological polar surface area (TPSA) is 110 Å². The summed E-state index contributed by atoms with van der Waals surface area (Å²) < 4.78 is 27.2. The Balaban J connectivity index is 2.06. The van der Waals surface area contributed by atoms with Crippen LogP contribution in [0.3, 0.4) is 0 Å². The highest BCUT2D eigenvalue weighted by molar-refractivity contribution is 5.99. The van der Waals surface area contributed by atoms with Gasteiger partial charge in [0.15, 0.2) is 23.0 Å². The zero-order valence-electron chi connectivity index (χ0n) is 21.0. The first-order valence-corrected chi connectivity index (χ1v) is 11.4. The van der Waals surface area contributed by atoms with Crippen molar-refractivity contribution in [1.82, 2.24) is 4.98 Å². The first-order valence-electron chi connectivity index (χ1n) is 11.4. The second-order valence-corrected chi connectivity index (χ2v) is 8.40. The molecule has 0 fully saturated rings. The Morgan fingerprint density at radius 1 is 1.00 bits per heavy atom. The van der Waals surface area contributed by atoms with Crippen LogP contribution in [0, 0.1) is 11.8 Å². The van der Waals surface area contributed by atoms with Crippen molar-refractivity contribution in [1.29, 1.82) is 0 Å². The van der Waals surface area contributed by atoms with Crippen LogP contribution in [0.25, 0.3) is 0 Å². The van der Waals surface area contributed by atoms with Gasteiger partial charge in [-0.25, -0.2) is 4.98 Å². The Hall–Kier alpha value is -3.62. The number of aromatic nitrogens is 1. The molecule has 1 aromatic carbocycles. The molecule has 0 N–H and O–H groups in total. The van der Waals surface area contributed by atoms with Crippen LogP contribution in [0.2, 0.25) is 0 Å². The Bertz CT molecular complexity index is 992. The first kappa shape index (κ1) is 27.6. The predicted octanol–water partition coefficient (Wildman–Crippen LogP) is 4.23. The maximum atomic E-state index is 13.0. The highest BCUT2D eigenvalue weighted by Crippen LogP contribution is 2.31. The van der Waals surface area contributed by atoms with Crippen LogP contribution in [0.4, 0.5) is 0 Å². The average Bonchev–Trinajstić information content (AvgIpc) is 2.82. The summed E-state index contributed by atoms with van der Waals surface area (Å²) in [5.41, 5.74) is -0.0309. The molecule has 0 aliphatic rings. The lowest BCUT2D eigenvalue weighted by atomic mass is 10.0. The maximum Gasteiger partial charge on any atom is 0.309 e. The second kappa shape index (κ2) is 13.3. The second-order valence-electron chi connectivity index (χ2n) is 8.40. The van der Waals surface area contributed by atoms with Crippen molar-refractivity contribution in [2.75, 3.05) is 13.9 Å². The van der Waals surface area contributed by atoms with Gasteiger partial charge in [-0.05, 0) is 25.0 Å². The molecule has 0 saturated heterocycles. The van der Waals surface area contributed by atoms with Crippen LogP contribution in [0.5, 0.6) is 17.2 Å². The number of pyridine rings is 1. The van der Waals surface area contributed by atoms with Gasteiger partial charge in [0.25, 0.3) is 0 Å². The molecule has 9 heteroatoms. The Kier molecular flexibility index (Phi) is 10.5. The summed E-state index contributed by atoms with van der Waals surface area (Å²) in [6.45, 7) is 8.16. The minimum Gasteiger partial charge on any atom is -0.493 e. The number of nitrogens with zero attached hydrogens (tertiary/aromatic N) is 1. The number of ether oxygens (including phenoxy) is 5. The highest BCUT2D eigenvalue weighted by atomic mass is 16.7. The molecule has 190 valence electrons. The van der Waals surface area contributed by atoms with Crippen molar-refractivity contribution < 1.29 is 38.1 Å². The van der Waals surface area contributed by atoms with Crippen LogP contribution in [-0.4, -0.2) is 48.8 Å². The monoisotopic (exact) mass is 487 g/mol. The van der Waals surface area contributed by atoms with Crippen LogP contribution in [0.1, 0.15) is 51.5 Å². The Morgan fingerprint density at radius 3 is 2.29 bits per heavy atom. The number of Topliss-reactive ketones (excluding diaryl/α,β-unsaturated/α-hetero) is 1. The number of esters is 2. The van der Waals surface area contributed by atoms with E-state index in [0.29, 0.717) is 5.75 Å². The molecule has 0 unspecified atom stereocenters. The molecule has 0 radical (unpaired) electrons. The zero-order chi connectivity index (χ0) is 26.0. The number of benzene rings is 1. The van der Waals surface area contributed by atoms with Gasteiger partial charge in [-0.15, -0.1) is 0 Å². The minimum atomic E-state index is -0.746.